The molecule has 42 heavy (non-hydrogen) atoms. The van der Waals surface area contributed by atoms with E-state index in [1.54, 1.807) is 20.6 Å². The second-order valence-electron chi connectivity index (χ2n) is 11.5. The largest absolute Gasteiger partial charge is 0.395 e. The van der Waals surface area contributed by atoms with Gasteiger partial charge in [-0.2, -0.15) is 0 Å². The lowest BCUT2D eigenvalue weighted by Crippen LogP contribution is -2.56. The summed E-state index contributed by atoms with van der Waals surface area (Å²) in [7, 11) is 0. The molecule has 0 radical (unpaired) electrons. The summed E-state index contributed by atoms with van der Waals surface area (Å²) >= 11 is 0. The Labute approximate surface area is 242 Å². The van der Waals surface area contributed by atoms with E-state index in [4.69, 9.17) is 4.74 Å². The molecule has 5 atom stereocenters. The number of hydrogen-bond donors (Lipinski definition) is 1. The number of aromatic nitrogens is 3. The lowest BCUT2D eigenvalue weighted by atomic mass is 9.74. The molecule has 1 unspecified atom stereocenters. The smallest absolute Gasteiger partial charge is 0.250 e. The molecule has 216 valence electrons. The van der Waals surface area contributed by atoms with Gasteiger partial charge in [0, 0.05) is 26.2 Å². The van der Waals surface area contributed by atoms with Gasteiger partial charge in [-0.25, -0.2) is 4.68 Å². The van der Waals surface area contributed by atoms with Gasteiger partial charge in [-0.1, -0.05) is 72.0 Å². The van der Waals surface area contributed by atoms with Gasteiger partial charge in [-0.15, -0.1) is 5.10 Å². The number of ether oxygens (including phenoxy) is 1. The SMILES string of the molecule is C[C@@]12C=CCN(Cc3ccccc3)C(=O)[C@@H]1[C@H]1C(=O)N(CCO)C3C(=O)N(Cn4nnc5ccccc54)CC=C[C@@]31O2. The van der Waals surface area contributed by atoms with Crippen LogP contribution in [-0.4, -0.2) is 96.0 Å². The van der Waals surface area contributed by atoms with Crippen LogP contribution in [0.5, 0.6) is 0 Å². The quantitative estimate of drug-likeness (QED) is 0.446. The fourth-order valence-corrected chi connectivity index (χ4v) is 7.22. The predicted octanol–water partition coefficient (Wildman–Crippen LogP) is 1.35. The molecule has 11 heteroatoms. The average Bonchev–Trinajstić information content (AvgIpc) is 3.51. The highest BCUT2D eigenvalue weighted by molar-refractivity contribution is 6.00. The number of amides is 3. The van der Waals surface area contributed by atoms with Crippen LogP contribution in [0.15, 0.2) is 78.9 Å². The van der Waals surface area contributed by atoms with Crippen molar-refractivity contribution in [3.8, 4) is 0 Å². The molecular formula is C31H32N6O5. The molecule has 0 saturated carbocycles. The van der Waals surface area contributed by atoms with Crippen molar-refractivity contribution in [2.24, 2.45) is 11.8 Å². The number of carbonyl (C=O) groups is 3. The number of aliphatic hydroxyl groups excluding tert-OH is 1. The number of β-amino-alcohol motifs (C(OH)–C–C–N with tert-alkyl or cyclic N) is 1. The zero-order valence-corrected chi connectivity index (χ0v) is 23.2. The Morgan fingerprint density at radius 3 is 2.45 bits per heavy atom. The normalized spacial score (nSPS) is 30.5. The molecule has 2 fully saturated rings. The Morgan fingerprint density at radius 2 is 1.64 bits per heavy atom. The van der Waals surface area contributed by atoms with Crippen LogP contribution in [0.25, 0.3) is 11.0 Å². The van der Waals surface area contributed by atoms with Crippen LogP contribution in [0.4, 0.5) is 0 Å². The van der Waals surface area contributed by atoms with Crippen molar-refractivity contribution >= 4 is 28.8 Å². The third-order valence-electron chi connectivity index (χ3n) is 9.01. The molecule has 2 aromatic carbocycles. The van der Waals surface area contributed by atoms with E-state index in [-0.39, 0.29) is 44.1 Å². The van der Waals surface area contributed by atoms with Gasteiger partial charge in [0.15, 0.2) is 0 Å². The van der Waals surface area contributed by atoms with Crippen molar-refractivity contribution in [3.05, 3.63) is 84.5 Å². The van der Waals surface area contributed by atoms with Gasteiger partial charge in [0.2, 0.25) is 11.8 Å². The summed E-state index contributed by atoms with van der Waals surface area (Å²) in [5, 5.41) is 18.4. The van der Waals surface area contributed by atoms with Gasteiger partial charge in [-0.3, -0.25) is 14.4 Å². The van der Waals surface area contributed by atoms with Crippen molar-refractivity contribution in [2.45, 2.75) is 37.4 Å². The molecule has 5 heterocycles. The number of benzene rings is 2. The van der Waals surface area contributed by atoms with E-state index in [2.05, 4.69) is 10.3 Å². The molecule has 0 aliphatic carbocycles. The van der Waals surface area contributed by atoms with Crippen LogP contribution in [-0.2, 0) is 32.3 Å². The molecule has 1 aromatic heterocycles. The molecular weight excluding hydrogens is 536 g/mol. The fourth-order valence-electron chi connectivity index (χ4n) is 7.22. The van der Waals surface area contributed by atoms with Crippen molar-refractivity contribution in [1.82, 2.24) is 29.7 Å². The van der Waals surface area contributed by atoms with Crippen LogP contribution in [0, 0.1) is 11.8 Å². The summed E-state index contributed by atoms with van der Waals surface area (Å²) < 4.78 is 8.47. The highest BCUT2D eigenvalue weighted by Gasteiger charge is 2.74. The van der Waals surface area contributed by atoms with Crippen molar-refractivity contribution in [3.63, 3.8) is 0 Å². The van der Waals surface area contributed by atoms with Crippen molar-refractivity contribution in [2.75, 3.05) is 26.2 Å². The number of hydrogen-bond acceptors (Lipinski definition) is 7. The lowest BCUT2D eigenvalue weighted by Gasteiger charge is -2.37. The van der Waals surface area contributed by atoms with Gasteiger partial charge in [0.25, 0.3) is 5.91 Å². The number of rotatable bonds is 6. The number of aliphatic hydroxyl groups is 1. The van der Waals surface area contributed by atoms with Crippen molar-refractivity contribution < 1.29 is 24.2 Å². The van der Waals surface area contributed by atoms with Crippen LogP contribution in [0.1, 0.15) is 12.5 Å². The van der Waals surface area contributed by atoms with Gasteiger partial charge < -0.3 is 24.5 Å². The summed E-state index contributed by atoms with van der Waals surface area (Å²) in [5.41, 5.74) is -0.00874. The molecule has 1 N–H and O–H groups in total. The Balaban J connectivity index is 1.26. The fraction of sp³-hybridized carbons (Fsp3) is 0.387. The maximum Gasteiger partial charge on any atom is 0.250 e. The van der Waals surface area contributed by atoms with E-state index in [1.165, 1.54) is 4.90 Å². The van der Waals surface area contributed by atoms with Gasteiger partial charge in [-0.05, 0) is 24.6 Å². The first-order valence-corrected chi connectivity index (χ1v) is 14.2. The van der Waals surface area contributed by atoms with E-state index in [9.17, 15) is 19.5 Å². The second-order valence-corrected chi connectivity index (χ2v) is 11.5. The average molecular weight is 569 g/mol. The minimum absolute atomic E-state index is 0.0496. The Bertz CT molecular complexity index is 1620. The molecule has 3 amide bonds. The summed E-state index contributed by atoms with van der Waals surface area (Å²) in [6.07, 6.45) is 7.42. The van der Waals surface area contributed by atoms with E-state index >= 15 is 0 Å². The van der Waals surface area contributed by atoms with Crippen LogP contribution >= 0.6 is 0 Å². The number of nitrogens with zero attached hydrogens (tertiary/aromatic N) is 6. The van der Waals surface area contributed by atoms with E-state index in [1.807, 2.05) is 79.7 Å². The third-order valence-corrected chi connectivity index (χ3v) is 9.01. The number of carbonyl (C=O) groups excluding carboxylic acids is 3. The number of fused-ring (bicyclic) bond motifs is 3. The van der Waals surface area contributed by atoms with Crippen molar-refractivity contribution in [1.29, 1.82) is 0 Å². The molecule has 2 saturated heterocycles. The standard InChI is InChI=1S/C31H32N6O5/c1-30-13-7-15-34(19-21-9-3-2-4-10-21)27(39)24(30)25-28(40)36(17-18-38)26-29(41)35(16-8-14-31(25,26)42-30)20-37-23-12-6-5-11-22(23)32-33-37/h2-14,24-26,38H,15-20H2,1H3/t24-,25-,26?,30+,31-/m0/s1. The van der Waals surface area contributed by atoms with Crippen LogP contribution < -0.4 is 0 Å². The first-order chi connectivity index (χ1) is 20.4. The zero-order chi connectivity index (χ0) is 29.1. The Kier molecular flexibility index (Phi) is 6.25. The van der Waals surface area contributed by atoms with Gasteiger partial charge >= 0.3 is 0 Å². The van der Waals surface area contributed by atoms with E-state index in [0.29, 0.717) is 18.6 Å². The highest BCUT2D eigenvalue weighted by atomic mass is 16.5. The molecule has 1 spiro atoms. The molecule has 4 aliphatic rings. The third kappa shape index (κ3) is 3.91. The van der Waals surface area contributed by atoms with Gasteiger partial charge in [0.1, 0.15) is 23.8 Å². The summed E-state index contributed by atoms with van der Waals surface area (Å²) in [6.45, 7) is 2.60. The summed E-state index contributed by atoms with van der Waals surface area (Å²) in [5.74, 6) is -2.66. The summed E-state index contributed by atoms with van der Waals surface area (Å²) in [4.78, 5) is 47.6. The molecule has 0 bridgehead atoms. The summed E-state index contributed by atoms with van der Waals surface area (Å²) in [6, 6.07) is 16.2. The number of para-hydroxylation sites is 1. The molecule has 11 nitrogen and oxygen atoms in total. The van der Waals surface area contributed by atoms with Crippen LogP contribution in [0.2, 0.25) is 0 Å². The first kappa shape index (κ1) is 26.5. The minimum Gasteiger partial charge on any atom is -0.395 e. The predicted molar refractivity (Wildman–Crippen MR) is 151 cm³/mol. The lowest BCUT2D eigenvalue weighted by molar-refractivity contribution is -0.154. The monoisotopic (exact) mass is 568 g/mol. The molecule has 3 aromatic rings. The maximum absolute atomic E-state index is 14.4. The second kappa shape index (κ2) is 9.88. The highest BCUT2D eigenvalue weighted by Crippen LogP contribution is 2.57. The van der Waals surface area contributed by atoms with E-state index < -0.39 is 29.1 Å². The zero-order valence-electron chi connectivity index (χ0n) is 23.2. The molecule has 7 rings (SSSR count). The Hall–Kier alpha value is -4.35. The van der Waals surface area contributed by atoms with Gasteiger partial charge in [0.05, 0.1) is 29.6 Å². The first-order valence-electron chi connectivity index (χ1n) is 14.2. The van der Waals surface area contributed by atoms with Crippen LogP contribution in [0.3, 0.4) is 0 Å². The Morgan fingerprint density at radius 1 is 0.905 bits per heavy atom. The maximum atomic E-state index is 14.4. The number of likely N-dealkylation sites (tertiary alicyclic amines) is 1. The van der Waals surface area contributed by atoms with E-state index in [0.717, 1.165) is 11.1 Å². The minimum atomic E-state index is -1.38. The molecule has 4 aliphatic heterocycles. The topological polar surface area (TPSA) is 121 Å².